The molecule has 6 heteroatoms. The van der Waals surface area contributed by atoms with Crippen molar-refractivity contribution in [1.82, 2.24) is 20.1 Å². The molecule has 2 heterocycles. The minimum atomic E-state index is -0.00870. The number of nitrogens with zero attached hydrogens (tertiary/aromatic N) is 3. The van der Waals surface area contributed by atoms with Gasteiger partial charge in [0.15, 0.2) is 0 Å². The lowest BCUT2D eigenvalue weighted by molar-refractivity contribution is 0.106. The van der Waals surface area contributed by atoms with Gasteiger partial charge in [-0.25, -0.2) is 0 Å². The summed E-state index contributed by atoms with van der Waals surface area (Å²) < 4.78 is 1.89. The van der Waals surface area contributed by atoms with Crippen molar-refractivity contribution in [3.63, 3.8) is 0 Å². The van der Waals surface area contributed by atoms with Gasteiger partial charge in [-0.1, -0.05) is 18.5 Å². The second-order valence-corrected chi connectivity index (χ2v) is 6.83. The van der Waals surface area contributed by atoms with Crippen molar-refractivity contribution in [3.05, 3.63) is 16.4 Å². The molecule has 21 heavy (non-hydrogen) atoms. The third-order valence-electron chi connectivity index (χ3n) is 4.88. The van der Waals surface area contributed by atoms with Gasteiger partial charge in [0.2, 0.25) is 0 Å². The van der Waals surface area contributed by atoms with Gasteiger partial charge in [-0.05, 0) is 46.2 Å². The molecule has 0 spiro atoms. The summed E-state index contributed by atoms with van der Waals surface area (Å²) in [5.41, 5.74) is 5.02. The van der Waals surface area contributed by atoms with Crippen LogP contribution in [0.5, 0.6) is 0 Å². The highest BCUT2D eigenvalue weighted by Gasteiger charge is 2.37. The van der Waals surface area contributed by atoms with Crippen LogP contribution in [0.1, 0.15) is 45.0 Å². The minimum absolute atomic E-state index is 0.00870. The highest BCUT2D eigenvalue weighted by atomic mass is 35.5. The van der Waals surface area contributed by atoms with Crippen LogP contribution in [0.25, 0.3) is 0 Å². The van der Waals surface area contributed by atoms with Crippen LogP contribution in [-0.2, 0) is 19.9 Å². The lowest BCUT2D eigenvalue weighted by Gasteiger charge is -2.42. The molecule has 1 aliphatic heterocycles. The summed E-state index contributed by atoms with van der Waals surface area (Å²) in [4.78, 5) is 2.52. The van der Waals surface area contributed by atoms with Crippen LogP contribution < -0.4 is 11.3 Å². The zero-order chi connectivity index (χ0) is 15.6. The molecule has 3 N–H and O–H groups in total. The molecule has 1 atom stereocenters. The van der Waals surface area contributed by atoms with Crippen LogP contribution in [-0.4, -0.2) is 39.4 Å². The van der Waals surface area contributed by atoms with E-state index in [-0.39, 0.29) is 11.6 Å². The van der Waals surface area contributed by atoms with Crippen LogP contribution >= 0.6 is 11.6 Å². The van der Waals surface area contributed by atoms with E-state index in [9.17, 15) is 0 Å². The molecule has 1 aromatic heterocycles. The monoisotopic (exact) mass is 313 g/mol. The molecule has 0 aliphatic carbocycles. The van der Waals surface area contributed by atoms with Gasteiger partial charge in [0, 0.05) is 25.0 Å². The first-order chi connectivity index (χ1) is 9.91. The molecule has 1 aromatic rings. The van der Waals surface area contributed by atoms with Crippen molar-refractivity contribution in [2.45, 2.75) is 58.0 Å². The van der Waals surface area contributed by atoms with Crippen molar-refractivity contribution >= 4 is 11.6 Å². The summed E-state index contributed by atoms with van der Waals surface area (Å²) in [5.74, 6) is 5.86. The Labute approximate surface area is 132 Å². The number of aromatic nitrogens is 2. The Bertz CT molecular complexity index is 477. The van der Waals surface area contributed by atoms with E-state index in [4.69, 9.17) is 17.4 Å². The molecular weight excluding hydrogens is 286 g/mol. The van der Waals surface area contributed by atoms with Gasteiger partial charge in [0.1, 0.15) is 0 Å². The fourth-order valence-electron chi connectivity index (χ4n) is 3.26. The second-order valence-electron chi connectivity index (χ2n) is 6.46. The van der Waals surface area contributed by atoms with E-state index in [1.165, 1.54) is 12.8 Å². The molecule has 2 rings (SSSR count). The Balaban J connectivity index is 2.20. The van der Waals surface area contributed by atoms with Crippen molar-refractivity contribution in [3.8, 4) is 0 Å². The Morgan fingerprint density at radius 3 is 2.48 bits per heavy atom. The van der Waals surface area contributed by atoms with Gasteiger partial charge in [0.05, 0.1) is 16.4 Å². The third kappa shape index (κ3) is 3.26. The summed E-state index contributed by atoms with van der Waals surface area (Å²) in [6, 6.07) is 0.133. The standard InChI is InChI=1S/C15H28ClN5/c1-5-11-14(16)12(20(4)19-11)10-13(18-17)15(2,3)21-8-6-7-9-21/h13,18H,5-10,17H2,1-4H3. The summed E-state index contributed by atoms with van der Waals surface area (Å²) in [6.45, 7) is 8.88. The average molecular weight is 314 g/mol. The van der Waals surface area contributed by atoms with Crippen molar-refractivity contribution in [2.75, 3.05) is 13.1 Å². The first-order valence-electron chi connectivity index (χ1n) is 7.83. The number of hydrogen-bond donors (Lipinski definition) is 2. The highest BCUT2D eigenvalue weighted by molar-refractivity contribution is 6.31. The zero-order valence-corrected chi connectivity index (χ0v) is 14.4. The van der Waals surface area contributed by atoms with Gasteiger partial charge >= 0.3 is 0 Å². The zero-order valence-electron chi connectivity index (χ0n) is 13.6. The molecule has 0 radical (unpaired) electrons. The molecule has 0 aromatic carbocycles. The summed E-state index contributed by atoms with van der Waals surface area (Å²) in [5, 5.41) is 5.29. The van der Waals surface area contributed by atoms with Gasteiger partial charge in [-0.2, -0.15) is 5.10 Å². The normalized spacial score (nSPS) is 18.4. The predicted molar refractivity (Wildman–Crippen MR) is 87.3 cm³/mol. The topological polar surface area (TPSA) is 59.1 Å². The fourth-order valence-corrected chi connectivity index (χ4v) is 3.63. The molecule has 0 bridgehead atoms. The Morgan fingerprint density at radius 1 is 1.38 bits per heavy atom. The molecular formula is C15H28ClN5. The maximum absolute atomic E-state index is 6.48. The van der Waals surface area contributed by atoms with E-state index in [0.29, 0.717) is 0 Å². The Hall–Kier alpha value is -0.620. The van der Waals surface area contributed by atoms with Crippen molar-refractivity contribution in [2.24, 2.45) is 12.9 Å². The average Bonchev–Trinajstić information content (AvgIpc) is 3.06. The number of nitrogens with two attached hydrogens (primary N) is 1. The summed E-state index contributed by atoms with van der Waals surface area (Å²) >= 11 is 6.48. The highest BCUT2D eigenvalue weighted by Crippen LogP contribution is 2.29. The maximum atomic E-state index is 6.48. The van der Waals surface area contributed by atoms with Crippen LogP contribution in [0, 0.1) is 0 Å². The summed E-state index contributed by atoms with van der Waals surface area (Å²) in [7, 11) is 1.96. The molecule has 1 aliphatic rings. The quantitative estimate of drug-likeness (QED) is 0.622. The third-order valence-corrected chi connectivity index (χ3v) is 5.31. The van der Waals surface area contributed by atoms with E-state index < -0.39 is 0 Å². The van der Waals surface area contributed by atoms with Crippen LogP contribution in [0.15, 0.2) is 0 Å². The second kappa shape index (κ2) is 6.65. The Kier molecular flexibility index (Phi) is 5.30. The summed E-state index contributed by atoms with van der Waals surface area (Å²) in [6.07, 6.45) is 4.17. The fraction of sp³-hybridized carbons (Fsp3) is 0.800. The molecule has 120 valence electrons. The number of hydrogen-bond acceptors (Lipinski definition) is 4. The number of rotatable bonds is 6. The van der Waals surface area contributed by atoms with E-state index in [1.54, 1.807) is 0 Å². The maximum Gasteiger partial charge on any atom is 0.0850 e. The van der Waals surface area contributed by atoms with E-state index in [1.807, 2.05) is 11.7 Å². The number of nitrogens with one attached hydrogen (secondary N) is 1. The minimum Gasteiger partial charge on any atom is -0.297 e. The van der Waals surface area contributed by atoms with Crippen molar-refractivity contribution in [1.29, 1.82) is 0 Å². The van der Waals surface area contributed by atoms with Gasteiger partial charge in [-0.3, -0.25) is 20.9 Å². The van der Waals surface area contributed by atoms with E-state index in [0.717, 1.165) is 42.3 Å². The predicted octanol–water partition coefficient (Wildman–Crippen LogP) is 1.88. The van der Waals surface area contributed by atoms with E-state index in [2.05, 4.69) is 36.2 Å². The molecule has 0 saturated carbocycles. The van der Waals surface area contributed by atoms with Crippen molar-refractivity contribution < 1.29 is 0 Å². The molecule has 1 saturated heterocycles. The number of hydrazine groups is 1. The van der Waals surface area contributed by atoms with Crippen LogP contribution in [0.4, 0.5) is 0 Å². The largest absolute Gasteiger partial charge is 0.297 e. The van der Waals surface area contributed by atoms with Crippen LogP contribution in [0.3, 0.4) is 0 Å². The number of likely N-dealkylation sites (tertiary alicyclic amines) is 1. The first-order valence-corrected chi connectivity index (χ1v) is 8.21. The Morgan fingerprint density at radius 2 is 2.00 bits per heavy atom. The molecule has 5 nitrogen and oxygen atoms in total. The SMILES string of the molecule is CCc1nn(C)c(CC(NN)C(C)(C)N2CCCC2)c1Cl. The van der Waals surface area contributed by atoms with Gasteiger partial charge < -0.3 is 0 Å². The van der Waals surface area contributed by atoms with Gasteiger partial charge in [-0.15, -0.1) is 0 Å². The smallest absolute Gasteiger partial charge is 0.0850 e. The lowest BCUT2D eigenvalue weighted by atomic mass is 9.89. The van der Waals surface area contributed by atoms with Crippen LogP contribution in [0.2, 0.25) is 5.02 Å². The molecule has 1 fully saturated rings. The lowest BCUT2D eigenvalue weighted by Crippen LogP contribution is -2.59. The molecule has 1 unspecified atom stereocenters. The van der Waals surface area contributed by atoms with E-state index >= 15 is 0 Å². The molecule has 0 amide bonds. The number of halogens is 1. The van der Waals surface area contributed by atoms with Gasteiger partial charge in [0.25, 0.3) is 0 Å². The number of aryl methyl sites for hydroxylation is 2. The first kappa shape index (κ1) is 16.7.